The third kappa shape index (κ3) is 7.60. The Hall–Kier alpha value is -3.20. The zero-order chi connectivity index (χ0) is 52.2. The van der Waals surface area contributed by atoms with Crippen LogP contribution in [-0.4, -0.2) is 108 Å². The van der Waals surface area contributed by atoms with E-state index in [9.17, 15) is 132 Å². The van der Waals surface area contributed by atoms with E-state index >= 15 is 17.6 Å². The molecule has 1 nitrogen and oxygen atoms in total. The second-order valence-electron chi connectivity index (χ2n) is 13.4. The molecular formula is C29H20F34N+. The summed E-state index contributed by atoms with van der Waals surface area (Å²) in [6.45, 7) is -0.282. The smallest absolute Gasteiger partial charge is 0.321 e. The summed E-state index contributed by atoms with van der Waals surface area (Å²) < 4.78 is 472. The molecule has 0 unspecified atom stereocenters. The molecule has 1 rings (SSSR count). The van der Waals surface area contributed by atoms with Crippen molar-refractivity contribution >= 4 is 0 Å². The summed E-state index contributed by atoms with van der Waals surface area (Å²) >= 11 is 0. The molecule has 64 heavy (non-hydrogen) atoms. The molecule has 0 amide bonds. The third-order valence-electron chi connectivity index (χ3n) is 9.69. The predicted octanol–water partition coefficient (Wildman–Crippen LogP) is 14.0. The highest BCUT2D eigenvalue weighted by Crippen LogP contribution is 2.67. The maximum Gasteiger partial charge on any atom is 0.460 e. The standard InChI is InChI=1S/C29H20F34N/c1-4-64(5-2,6-3)10-11-7-12(14(30,31)16(34,35)18(38,39)20(42,43)22(46,47)24(50,51)26(54,55)28(58,59)60)9-13(8-11)15(32,33)17(36,37)19(40,41)21(44,45)23(48,49)25(52,53)27(56,57)29(61,62)63/h7-9H,4-6,10H2,1-3H3/q+1. The van der Waals surface area contributed by atoms with Crippen molar-refractivity contribution in [3.63, 3.8) is 0 Å². The number of hydrogen-bond acceptors (Lipinski definition) is 0. The van der Waals surface area contributed by atoms with Crippen LogP contribution in [0.4, 0.5) is 149 Å². The fraction of sp³-hybridized carbons (Fsp3) is 0.793. The second-order valence-corrected chi connectivity index (χ2v) is 13.4. The minimum absolute atomic E-state index is 0.558. The van der Waals surface area contributed by atoms with Gasteiger partial charge in [0.15, 0.2) is 0 Å². The monoisotopic (exact) mass is 1030 g/mol. The van der Waals surface area contributed by atoms with Crippen LogP contribution < -0.4 is 0 Å². The lowest BCUT2D eigenvalue weighted by Crippen LogP contribution is -2.74. The van der Waals surface area contributed by atoms with Crippen LogP contribution in [0.3, 0.4) is 0 Å². The van der Waals surface area contributed by atoms with E-state index in [-0.39, 0.29) is 0 Å². The topological polar surface area (TPSA) is 0 Å². The fourth-order valence-electron chi connectivity index (χ4n) is 5.23. The Morgan fingerprint density at radius 1 is 0.281 bits per heavy atom. The Morgan fingerprint density at radius 2 is 0.469 bits per heavy atom. The van der Waals surface area contributed by atoms with Crippen molar-refractivity contribution in [1.29, 1.82) is 0 Å². The van der Waals surface area contributed by atoms with Gasteiger partial charge in [0, 0.05) is 16.7 Å². The molecule has 1 aromatic rings. The molecular weight excluding hydrogens is 1010 g/mol. The number of alkyl halides is 34. The molecule has 0 radical (unpaired) electrons. The molecule has 0 spiro atoms. The van der Waals surface area contributed by atoms with Crippen LogP contribution in [0.1, 0.15) is 37.5 Å². The second kappa shape index (κ2) is 15.7. The third-order valence-corrected chi connectivity index (χ3v) is 9.69. The summed E-state index contributed by atoms with van der Waals surface area (Å²) in [7, 11) is 0. The van der Waals surface area contributed by atoms with E-state index in [1.807, 2.05) is 0 Å². The highest BCUT2D eigenvalue weighted by molar-refractivity contribution is 5.39. The van der Waals surface area contributed by atoms with E-state index in [1.54, 1.807) is 0 Å². The summed E-state index contributed by atoms with van der Waals surface area (Å²) in [5.41, 5.74) is -9.77. The molecule has 0 saturated heterocycles. The largest absolute Gasteiger partial charge is 0.460 e. The molecule has 0 heterocycles. The summed E-state index contributed by atoms with van der Waals surface area (Å²) in [5, 5.41) is 0. The predicted molar refractivity (Wildman–Crippen MR) is 141 cm³/mol. The van der Waals surface area contributed by atoms with Gasteiger partial charge in [-0.15, -0.1) is 0 Å². The quantitative estimate of drug-likeness (QED) is 0.0957. The molecule has 0 saturated carbocycles. The van der Waals surface area contributed by atoms with E-state index in [1.165, 1.54) is 0 Å². The van der Waals surface area contributed by atoms with Crippen molar-refractivity contribution in [1.82, 2.24) is 0 Å². The van der Waals surface area contributed by atoms with Gasteiger partial charge in [0.2, 0.25) is 0 Å². The normalized spacial score (nSPS) is 16.5. The lowest BCUT2D eigenvalue weighted by atomic mass is 9.84. The average Bonchev–Trinajstić information content (AvgIpc) is 3.11. The minimum atomic E-state index is -9.37. The van der Waals surface area contributed by atoms with Crippen LogP contribution in [0.25, 0.3) is 0 Å². The van der Waals surface area contributed by atoms with Gasteiger partial charge in [-0.05, 0) is 39.0 Å². The molecule has 0 fully saturated rings. The van der Waals surface area contributed by atoms with Crippen molar-refractivity contribution in [2.24, 2.45) is 0 Å². The highest BCUT2D eigenvalue weighted by Gasteiger charge is 2.97. The zero-order valence-electron chi connectivity index (χ0n) is 30.4. The average molecular weight is 1030 g/mol. The van der Waals surface area contributed by atoms with Crippen molar-refractivity contribution in [3.8, 4) is 0 Å². The van der Waals surface area contributed by atoms with Gasteiger partial charge >= 0.3 is 95.3 Å². The Balaban J connectivity index is 4.48. The van der Waals surface area contributed by atoms with Gasteiger partial charge < -0.3 is 4.48 Å². The number of benzene rings is 1. The molecule has 0 aliphatic rings. The Bertz CT molecular complexity index is 1690. The van der Waals surface area contributed by atoms with Gasteiger partial charge in [-0.1, -0.05) is 0 Å². The van der Waals surface area contributed by atoms with Crippen LogP contribution in [0.5, 0.6) is 0 Å². The van der Waals surface area contributed by atoms with E-state index in [0.717, 1.165) is 20.8 Å². The SMILES string of the molecule is CC[N+](CC)(CC)Cc1cc(C(F)(F)C(F)(F)C(F)(F)C(F)(F)C(F)(F)C(F)(F)C(F)(F)C(F)(F)F)cc(C(F)(F)C(F)(F)C(F)(F)C(F)(F)C(F)(F)C(F)(F)C(F)(F)C(F)(F)F)c1. The Kier molecular flexibility index (Phi) is 14.4. The fourth-order valence-corrected chi connectivity index (χ4v) is 5.23. The lowest BCUT2D eigenvalue weighted by Gasteiger charge is -2.43. The first kappa shape index (κ1) is 58.8. The molecule has 378 valence electrons. The van der Waals surface area contributed by atoms with Gasteiger partial charge in [0.05, 0.1) is 19.6 Å². The Labute approximate surface area is 331 Å². The molecule has 0 bridgehead atoms. The number of hydrogen-bond donors (Lipinski definition) is 0. The van der Waals surface area contributed by atoms with Crippen LogP contribution in [0.2, 0.25) is 0 Å². The molecule has 0 aliphatic heterocycles. The number of rotatable bonds is 19. The van der Waals surface area contributed by atoms with Gasteiger partial charge in [0.1, 0.15) is 6.54 Å². The molecule has 1 aromatic carbocycles. The Morgan fingerprint density at radius 3 is 0.656 bits per heavy atom. The van der Waals surface area contributed by atoms with Crippen LogP contribution in [0.15, 0.2) is 18.2 Å². The molecule has 0 N–H and O–H groups in total. The first-order valence-electron chi connectivity index (χ1n) is 15.9. The van der Waals surface area contributed by atoms with Crippen LogP contribution in [-0.2, 0) is 18.4 Å². The van der Waals surface area contributed by atoms with Crippen molar-refractivity contribution in [3.05, 3.63) is 34.9 Å². The van der Waals surface area contributed by atoms with E-state index < -0.39 is 161 Å². The van der Waals surface area contributed by atoms with Crippen molar-refractivity contribution < 1.29 is 154 Å². The molecule has 0 atom stereocenters. The number of nitrogens with zero attached hydrogens (tertiary/aromatic N) is 1. The lowest BCUT2D eigenvalue weighted by molar-refractivity contribution is -0.936. The van der Waals surface area contributed by atoms with Gasteiger partial charge in [-0.3, -0.25) is 0 Å². The van der Waals surface area contributed by atoms with Crippen molar-refractivity contribution in [2.75, 3.05) is 19.6 Å². The van der Waals surface area contributed by atoms with E-state index in [0.29, 0.717) is 0 Å². The highest BCUT2D eigenvalue weighted by atomic mass is 19.4. The summed E-state index contributed by atoms with van der Waals surface area (Å²) in [6.07, 6.45) is -16.4. The first-order chi connectivity index (χ1) is 27.5. The maximum absolute atomic E-state index is 15.3. The van der Waals surface area contributed by atoms with Crippen LogP contribution in [0, 0.1) is 0 Å². The van der Waals surface area contributed by atoms with Crippen molar-refractivity contribution in [2.45, 2.75) is 123 Å². The molecule has 35 heteroatoms. The summed E-state index contributed by atoms with van der Waals surface area (Å²) in [6, 6.07) is -4.26. The maximum atomic E-state index is 15.3. The van der Waals surface area contributed by atoms with Gasteiger partial charge in [0.25, 0.3) is 0 Å². The van der Waals surface area contributed by atoms with Gasteiger partial charge in [-0.2, -0.15) is 149 Å². The van der Waals surface area contributed by atoms with Crippen LogP contribution >= 0.6 is 0 Å². The summed E-state index contributed by atoms with van der Waals surface area (Å²) in [4.78, 5) is 0. The number of halogens is 34. The zero-order valence-corrected chi connectivity index (χ0v) is 30.4. The molecule has 0 aliphatic carbocycles. The molecule has 0 aromatic heterocycles. The first-order valence-corrected chi connectivity index (χ1v) is 15.9. The van der Waals surface area contributed by atoms with E-state index in [4.69, 9.17) is 0 Å². The minimum Gasteiger partial charge on any atom is -0.321 e. The van der Waals surface area contributed by atoms with E-state index in [2.05, 4.69) is 0 Å². The van der Waals surface area contributed by atoms with Gasteiger partial charge in [-0.25, -0.2) is 0 Å². The summed E-state index contributed by atoms with van der Waals surface area (Å²) in [5.74, 6) is -125. The number of quaternary nitrogens is 1.